The molecule has 0 bridgehead atoms. The van der Waals surface area contributed by atoms with Gasteiger partial charge in [0.1, 0.15) is 0 Å². The molecule has 3 heterocycles. The van der Waals surface area contributed by atoms with Crippen molar-refractivity contribution >= 4 is 43.6 Å². The fourth-order valence-electron chi connectivity index (χ4n) is 6.38. The fraction of sp³-hybridized carbons (Fsp3) is 0. The smallest absolute Gasteiger partial charge is 0.258 e. The minimum atomic E-state index is 0.503. The molecule has 0 saturated heterocycles. The van der Waals surface area contributed by atoms with Crippen LogP contribution in [0.3, 0.4) is 0 Å². The van der Waals surface area contributed by atoms with Crippen LogP contribution in [0.5, 0.6) is 0 Å². The molecule has 0 unspecified atom stereocenters. The van der Waals surface area contributed by atoms with Crippen LogP contribution in [0.4, 0.5) is 0 Å². The van der Waals surface area contributed by atoms with Crippen LogP contribution in [0, 0.1) is 0 Å². The van der Waals surface area contributed by atoms with Crippen LogP contribution in [-0.4, -0.2) is 19.3 Å². The Kier molecular flexibility index (Phi) is 5.13. The third-order valence-electron chi connectivity index (χ3n) is 8.32. The summed E-state index contributed by atoms with van der Waals surface area (Å²) in [6.07, 6.45) is 0. The van der Waals surface area contributed by atoms with E-state index in [-0.39, 0.29) is 0 Å². The Morgan fingerprint density at radius 1 is 0.419 bits per heavy atom. The monoisotopic (exact) mass is 552 g/mol. The first-order valence-electron chi connectivity index (χ1n) is 14.4. The van der Waals surface area contributed by atoms with E-state index < -0.39 is 0 Å². The van der Waals surface area contributed by atoms with Gasteiger partial charge in [-0.15, -0.1) is 0 Å². The Hall–Kier alpha value is -5.94. The quantitative estimate of drug-likeness (QED) is 0.218. The molecule has 9 rings (SSSR count). The fourth-order valence-corrected chi connectivity index (χ4v) is 6.38. The molecule has 0 saturated carbocycles. The second kappa shape index (κ2) is 9.29. The Morgan fingerprint density at radius 3 is 1.58 bits per heavy atom. The predicted octanol–water partition coefficient (Wildman–Crippen LogP) is 9.60. The summed E-state index contributed by atoms with van der Waals surface area (Å²) >= 11 is 0. The van der Waals surface area contributed by atoms with Crippen molar-refractivity contribution in [1.29, 1.82) is 0 Å². The molecule has 0 fully saturated rings. The van der Waals surface area contributed by atoms with Crippen LogP contribution in [0.25, 0.3) is 77.8 Å². The molecule has 6 aromatic carbocycles. The maximum absolute atomic E-state index is 5.62. The van der Waals surface area contributed by atoms with Crippen LogP contribution in [-0.2, 0) is 0 Å². The molecule has 0 spiro atoms. The van der Waals surface area contributed by atoms with E-state index in [1.165, 1.54) is 32.6 Å². The molecule has 202 valence electrons. The van der Waals surface area contributed by atoms with Crippen LogP contribution >= 0.6 is 0 Å². The van der Waals surface area contributed by atoms with Crippen molar-refractivity contribution in [2.45, 2.75) is 0 Å². The van der Waals surface area contributed by atoms with Gasteiger partial charge in [-0.1, -0.05) is 90.1 Å². The van der Waals surface area contributed by atoms with Gasteiger partial charge in [0.25, 0.3) is 5.89 Å². The highest BCUT2D eigenvalue weighted by atomic mass is 16.5. The van der Waals surface area contributed by atoms with E-state index in [2.05, 4.69) is 122 Å². The molecule has 0 atom stereocenters. The summed E-state index contributed by atoms with van der Waals surface area (Å²) in [6, 6.07) is 50.9. The van der Waals surface area contributed by atoms with Crippen molar-refractivity contribution in [3.05, 3.63) is 146 Å². The highest BCUT2D eigenvalue weighted by Gasteiger charge is 2.17. The molecule has 0 aliphatic heterocycles. The van der Waals surface area contributed by atoms with Gasteiger partial charge in [0.2, 0.25) is 5.82 Å². The van der Waals surface area contributed by atoms with E-state index in [4.69, 9.17) is 4.52 Å². The number of fused-ring (bicyclic) bond motifs is 6. The third kappa shape index (κ3) is 3.65. The van der Waals surface area contributed by atoms with Crippen molar-refractivity contribution in [3.63, 3.8) is 0 Å². The molecule has 0 aliphatic carbocycles. The Bertz CT molecular complexity index is 2390. The lowest BCUT2D eigenvalue weighted by atomic mass is 10.1. The second-order valence-electron chi connectivity index (χ2n) is 10.8. The first-order valence-corrected chi connectivity index (χ1v) is 14.4. The van der Waals surface area contributed by atoms with Gasteiger partial charge in [0.05, 0.1) is 22.1 Å². The molecule has 3 aromatic heterocycles. The lowest BCUT2D eigenvalue weighted by Crippen LogP contribution is -1.96. The number of hydrogen-bond acceptors (Lipinski definition) is 3. The second-order valence-corrected chi connectivity index (χ2v) is 10.8. The van der Waals surface area contributed by atoms with Crippen molar-refractivity contribution in [2.75, 3.05) is 0 Å². The maximum Gasteiger partial charge on any atom is 0.258 e. The van der Waals surface area contributed by atoms with Crippen LogP contribution in [0.1, 0.15) is 0 Å². The molecule has 0 amide bonds. The van der Waals surface area contributed by atoms with E-state index in [1.807, 2.05) is 42.5 Å². The highest BCUT2D eigenvalue weighted by Crippen LogP contribution is 2.37. The van der Waals surface area contributed by atoms with Gasteiger partial charge in [0, 0.05) is 44.0 Å². The molecular weight excluding hydrogens is 528 g/mol. The van der Waals surface area contributed by atoms with E-state index in [9.17, 15) is 0 Å². The predicted molar refractivity (Wildman–Crippen MR) is 174 cm³/mol. The van der Waals surface area contributed by atoms with Gasteiger partial charge in [-0.2, -0.15) is 4.98 Å². The zero-order chi connectivity index (χ0) is 28.3. The average Bonchev–Trinajstić information content (AvgIpc) is 3.78. The van der Waals surface area contributed by atoms with E-state index in [0.29, 0.717) is 11.7 Å². The molecule has 5 nitrogen and oxygen atoms in total. The third-order valence-corrected chi connectivity index (χ3v) is 8.32. The molecule has 5 heteroatoms. The topological polar surface area (TPSA) is 48.8 Å². The standard InChI is InChI=1S/C38H24N4O/c1-2-10-25(11-3-1)37-39-38(43-40-37)26-18-20-27(21-19-26)41-35-17-9-6-14-31(35)32-24-28(22-23-36(32)41)42-33-15-7-4-12-29(33)30-13-5-8-16-34(30)42/h1-24H. The van der Waals surface area contributed by atoms with Crippen molar-refractivity contribution < 1.29 is 4.52 Å². The summed E-state index contributed by atoms with van der Waals surface area (Å²) in [6.45, 7) is 0. The molecule has 9 aromatic rings. The van der Waals surface area contributed by atoms with Crippen LogP contribution in [0.15, 0.2) is 150 Å². The van der Waals surface area contributed by atoms with E-state index in [1.54, 1.807) is 0 Å². The van der Waals surface area contributed by atoms with E-state index in [0.717, 1.165) is 33.5 Å². The normalized spacial score (nSPS) is 11.7. The lowest BCUT2D eigenvalue weighted by molar-refractivity contribution is 0.432. The van der Waals surface area contributed by atoms with Crippen molar-refractivity contribution in [1.82, 2.24) is 19.3 Å². The lowest BCUT2D eigenvalue weighted by Gasteiger charge is -2.10. The molecule has 0 N–H and O–H groups in total. The Labute approximate surface area is 246 Å². The Morgan fingerprint density at radius 2 is 0.930 bits per heavy atom. The van der Waals surface area contributed by atoms with Gasteiger partial charge in [-0.25, -0.2) is 0 Å². The number of hydrogen-bond donors (Lipinski definition) is 0. The van der Waals surface area contributed by atoms with E-state index >= 15 is 0 Å². The summed E-state index contributed by atoms with van der Waals surface area (Å²) in [7, 11) is 0. The molecular formula is C38H24N4O. The molecule has 0 aliphatic rings. The summed E-state index contributed by atoms with van der Waals surface area (Å²) in [5.41, 5.74) is 8.76. The van der Waals surface area contributed by atoms with Crippen molar-refractivity contribution in [3.8, 4) is 34.2 Å². The van der Waals surface area contributed by atoms with Gasteiger partial charge in [0.15, 0.2) is 0 Å². The number of nitrogens with zero attached hydrogens (tertiary/aromatic N) is 4. The van der Waals surface area contributed by atoms with Gasteiger partial charge >= 0.3 is 0 Å². The zero-order valence-corrected chi connectivity index (χ0v) is 23.1. The molecule has 0 radical (unpaired) electrons. The first-order chi connectivity index (χ1) is 21.3. The van der Waals surface area contributed by atoms with Gasteiger partial charge < -0.3 is 13.7 Å². The molecule has 43 heavy (non-hydrogen) atoms. The summed E-state index contributed by atoms with van der Waals surface area (Å²) < 4.78 is 10.3. The maximum atomic E-state index is 5.62. The minimum Gasteiger partial charge on any atom is -0.334 e. The van der Waals surface area contributed by atoms with Crippen LogP contribution in [0.2, 0.25) is 0 Å². The highest BCUT2D eigenvalue weighted by molar-refractivity contribution is 6.12. The van der Waals surface area contributed by atoms with Gasteiger partial charge in [-0.05, 0) is 60.7 Å². The Balaban J connectivity index is 1.18. The summed E-state index contributed by atoms with van der Waals surface area (Å²) in [5, 5.41) is 9.14. The minimum absolute atomic E-state index is 0.503. The largest absolute Gasteiger partial charge is 0.334 e. The number of para-hydroxylation sites is 3. The number of rotatable bonds is 4. The van der Waals surface area contributed by atoms with Gasteiger partial charge in [-0.3, -0.25) is 0 Å². The first kappa shape index (κ1) is 23.7. The number of benzene rings is 6. The van der Waals surface area contributed by atoms with Crippen molar-refractivity contribution in [2.24, 2.45) is 0 Å². The van der Waals surface area contributed by atoms with Crippen LogP contribution < -0.4 is 0 Å². The number of aromatic nitrogens is 4. The SMILES string of the molecule is c1ccc(-c2noc(-c3ccc(-n4c5ccccc5c5cc(-n6c7ccccc7c7ccccc76)ccc54)cc3)n2)cc1. The average molecular weight is 553 g/mol. The summed E-state index contributed by atoms with van der Waals surface area (Å²) in [4.78, 5) is 4.63. The summed E-state index contributed by atoms with van der Waals surface area (Å²) in [5.74, 6) is 1.09. The zero-order valence-electron chi connectivity index (χ0n) is 23.1.